The smallest absolute Gasteiger partial charge is 0.410 e. The molecule has 2 heterocycles. The maximum Gasteiger partial charge on any atom is 0.410 e. The lowest BCUT2D eigenvalue weighted by Crippen LogP contribution is -2.40. The monoisotopic (exact) mass is 419 g/mol. The van der Waals surface area contributed by atoms with E-state index < -0.39 is 5.60 Å². The van der Waals surface area contributed by atoms with E-state index in [4.69, 9.17) is 4.74 Å². The summed E-state index contributed by atoms with van der Waals surface area (Å²) in [4.78, 5) is 51.1. The molecule has 3 rings (SSSR count). The lowest BCUT2D eigenvalue weighted by Gasteiger charge is -2.30. The number of amides is 4. The number of carbonyl (C=O) groups is 4. The van der Waals surface area contributed by atoms with E-state index in [1.54, 1.807) is 4.90 Å². The van der Waals surface area contributed by atoms with Gasteiger partial charge in [0.05, 0.1) is 0 Å². The lowest BCUT2D eigenvalue weighted by molar-refractivity contribution is -0.138. The van der Waals surface area contributed by atoms with Crippen LogP contribution >= 0.6 is 0 Å². The number of ether oxygens (including phenoxy) is 1. The number of nitrogens with zero attached hydrogens (tertiary/aromatic N) is 2. The van der Waals surface area contributed by atoms with Gasteiger partial charge in [0, 0.05) is 44.2 Å². The van der Waals surface area contributed by atoms with Crippen molar-refractivity contribution >= 4 is 23.8 Å². The molecule has 1 aliphatic carbocycles. The third-order valence-corrected chi connectivity index (χ3v) is 6.06. The third-order valence-electron chi connectivity index (χ3n) is 6.06. The first-order valence-electron chi connectivity index (χ1n) is 10.9. The Kier molecular flexibility index (Phi) is 6.83. The van der Waals surface area contributed by atoms with Crippen molar-refractivity contribution < 1.29 is 23.9 Å². The number of carbonyl (C=O) groups excluding carboxylic acids is 4. The molecule has 0 aromatic heterocycles. The lowest BCUT2D eigenvalue weighted by atomic mass is 9.81. The summed E-state index contributed by atoms with van der Waals surface area (Å²) in [6.45, 7) is 7.83. The molecule has 0 aromatic rings. The Balaban J connectivity index is 1.35. The second kappa shape index (κ2) is 9.18. The SMILES string of the molecule is CC(C)(C)OC(=O)N1CC[C@H](CNC(=O)C2CCC(CN3C(=O)C=CC3=O)CC2)C1. The third kappa shape index (κ3) is 5.83. The fourth-order valence-corrected chi connectivity index (χ4v) is 4.36. The van der Waals surface area contributed by atoms with Gasteiger partial charge in [-0.15, -0.1) is 0 Å². The molecule has 166 valence electrons. The molecule has 8 nitrogen and oxygen atoms in total. The molecule has 1 saturated heterocycles. The molecule has 3 aliphatic rings. The van der Waals surface area contributed by atoms with E-state index in [9.17, 15) is 19.2 Å². The highest BCUT2D eigenvalue weighted by atomic mass is 16.6. The second-order valence-electron chi connectivity index (χ2n) is 9.66. The van der Waals surface area contributed by atoms with E-state index in [0.717, 1.165) is 32.1 Å². The van der Waals surface area contributed by atoms with Crippen molar-refractivity contribution in [3.05, 3.63) is 12.2 Å². The Bertz CT molecular complexity index is 701. The van der Waals surface area contributed by atoms with Crippen molar-refractivity contribution in [2.75, 3.05) is 26.2 Å². The van der Waals surface area contributed by atoms with Crippen LogP contribution in [-0.4, -0.2) is 65.4 Å². The number of imide groups is 1. The van der Waals surface area contributed by atoms with Gasteiger partial charge < -0.3 is 15.0 Å². The van der Waals surface area contributed by atoms with Crippen LogP contribution in [0, 0.1) is 17.8 Å². The maximum absolute atomic E-state index is 12.6. The number of likely N-dealkylation sites (tertiary alicyclic amines) is 1. The summed E-state index contributed by atoms with van der Waals surface area (Å²) in [6, 6.07) is 0. The largest absolute Gasteiger partial charge is 0.444 e. The molecular weight excluding hydrogens is 386 g/mol. The molecule has 0 spiro atoms. The first-order valence-corrected chi connectivity index (χ1v) is 10.9. The molecule has 1 atom stereocenters. The zero-order valence-electron chi connectivity index (χ0n) is 18.2. The minimum absolute atomic E-state index is 0.0206. The Morgan fingerprint density at radius 2 is 1.67 bits per heavy atom. The summed E-state index contributed by atoms with van der Waals surface area (Å²) in [5.74, 6) is 0.0807. The molecule has 1 saturated carbocycles. The molecule has 8 heteroatoms. The Hall–Kier alpha value is -2.38. The van der Waals surface area contributed by atoms with Crippen LogP contribution in [0.5, 0.6) is 0 Å². The highest BCUT2D eigenvalue weighted by Gasteiger charge is 2.33. The highest BCUT2D eigenvalue weighted by Crippen LogP contribution is 2.30. The summed E-state index contributed by atoms with van der Waals surface area (Å²) >= 11 is 0. The summed E-state index contributed by atoms with van der Waals surface area (Å²) in [6.07, 6.45) is 6.42. The fraction of sp³-hybridized carbons (Fsp3) is 0.727. The normalized spacial score (nSPS) is 27.0. The predicted molar refractivity (Wildman–Crippen MR) is 110 cm³/mol. The van der Waals surface area contributed by atoms with Crippen LogP contribution in [0.2, 0.25) is 0 Å². The van der Waals surface area contributed by atoms with Crippen molar-refractivity contribution in [1.82, 2.24) is 15.1 Å². The molecule has 1 N–H and O–H groups in total. The first kappa shape index (κ1) is 22.3. The van der Waals surface area contributed by atoms with Crippen molar-refractivity contribution in [2.45, 2.75) is 58.5 Å². The van der Waals surface area contributed by atoms with Gasteiger partial charge in [-0.2, -0.15) is 0 Å². The molecule has 2 aliphatic heterocycles. The highest BCUT2D eigenvalue weighted by molar-refractivity contribution is 6.12. The number of rotatable bonds is 5. The van der Waals surface area contributed by atoms with Gasteiger partial charge in [0.15, 0.2) is 0 Å². The van der Waals surface area contributed by atoms with Crippen LogP contribution in [0.3, 0.4) is 0 Å². The number of nitrogens with one attached hydrogen (secondary N) is 1. The maximum atomic E-state index is 12.6. The van der Waals surface area contributed by atoms with Gasteiger partial charge in [-0.05, 0) is 64.7 Å². The Labute approximate surface area is 178 Å². The van der Waals surface area contributed by atoms with E-state index >= 15 is 0 Å². The zero-order chi connectivity index (χ0) is 21.9. The van der Waals surface area contributed by atoms with Crippen molar-refractivity contribution in [2.24, 2.45) is 17.8 Å². The molecule has 2 fully saturated rings. The molecule has 30 heavy (non-hydrogen) atoms. The van der Waals surface area contributed by atoms with E-state index in [-0.39, 0.29) is 41.6 Å². The van der Waals surface area contributed by atoms with Crippen LogP contribution in [0.15, 0.2) is 12.2 Å². The topological polar surface area (TPSA) is 96.0 Å². The van der Waals surface area contributed by atoms with Gasteiger partial charge in [-0.3, -0.25) is 19.3 Å². The number of hydrogen-bond acceptors (Lipinski definition) is 5. The average molecular weight is 420 g/mol. The van der Waals surface area contributed by atoms with Crippen LogP contribution in [0.1, 0.15) is 52.9 Å². The van der Waals surface area contributed by atoms with Gasteiger partial charge in [0.2, 0.25) is 5.91 Å². The summed E-state index contributed by atoms with van der Waals surface area (Å²) < 4.78 is 5.41. The summed E-state index contributed by atoms with van der Waals surface area (Å²) in [7, 11) is 0. The van der Waals surface area contributed by atoms with Crippen molar-refractivity contribution in [1.29, 1.82) is 0 Å². The van der Waals surface area contributed by atoms with Gasteiger partial charge in [-0.1, -0.05) is 0 Å². The van der Waals surface area contributed by atoms with Crippen molar-refractivity contribution in [3.8, 4) is 0 Å². The fourth-order valence-electron chi connectivity index (χ4n) is 4.36. The Morgan fingerprint density at radius 3 is 2.27 bits per heavy atom. The molecular formula is C22H33N3O5. The molecule has 0 bridgehead atoms. The van der Waals surface area contributed by atoms with Gasteiger partial charge in [0.25, 0.3) is 11.8 Å². The zero-order valence-corrected chi connectivity index (χ0v) is 18.2. The van der Waals surface area contributed by atoms with Crippen LogP contribution in [0.25, 0.3) is 0 Å². The Morgan fingerprint density at radius 1 is 1.03 bits per heavy atom. The predicted octanol–water partition coefficient (Wildman–Crippen LogP) is 2.09. The standard InChI is InChI=1S/C22H33N3O5/c1-22(2,3)30-21(29)24-11-10-16(13-24)12-23-20(28)17-6-4-15(5-7-17)14-25-18(26)8-9-19(25)27/h8-9,15-17H,4-7,10-14H2,1-3H3,(H,23,28)/t15?,16-,17?/m1/s1. The molecule has 0 unspecified atom stereocenters. The van der Waals surface area contributed by atoms with E-state index in [1.807, 2.05) is 20.8 Å². The molecule has 0 radical (unpaired) electrons. The minimum Gasteiger partial charge on any atom is -0.444 e. The molecule has 0 aromatic carbocycles. The van der Waals surface area contributed by atoms with Crippen LogP contribution in [-0.2, 0) is 19.1 Å². The van der Waals surface area contributed by atoms with Gasteiger partial charge in [-0.25, -0.2) is 4.79 Å². The quantitative estimate of drug-likeness (QED) is 0.689. The summed E-state index contributed by atoms with van der Waals surface area (Å²) in [5, 5.41) is 3.06. The van der Waals surface area contributed by atoms with Gasteiger partial charge in [0.1, 0.15) is 5.60 Å². The summed E-state index contributed by atoms with van der Waals surface area (Å²) in [5.41, 5.74) is -0.506. The van der Waals surface area contributed by atoms with E-state index in [1.165, 1.54) is 17.1 Å². The van der Waals surface area contributed by atoms with E-state index in [2.05, 4.69) is 5.32 Å². The van der Waals surface area contributed by atoms with Crippen molar-refractivity contribution in [3.63, 3.8) is 0 Å². The first-order chi connectivity index (χ1) is 14.1. The van der Waals surface area contributed by atoms with Crippen LogP contribution in [0.4, 0.5) is 4.79 Å². The van der Waals surface area contributed by atoms with E-state index in [0.29, 0.717) is 26.2 Å². The number of hydrogen-bond donors (Lipinski definition) is 1. The minimum atomic E-state index is -0.506. The average Bonchev–Trinajstić information content (AvgIpc) is 3.28. The molecule has 4 amide bonds. The van der Waals surface area contributed by atoms with Crippen LogP contribution < -0.4 is 5.32 Å². The van der Waals surface area contributed by atoms with Gasteiger partial charge >= 0.3 is 6.09 Å². The second-order valence-corrected chi connectivity index (χ2v) is 9.66.